The quantitative estimate of drug-likeness (QED) is 0.524. The van der Waals surface area contributed by atoms with Crippen molar-refractivity contribution in [2.75, 3.05) is 13.2 Å². The molecule has 0 spiro atoms. The molecule has 0 amide bonds. The zero-order valence-corrected chi connectivity index (χ0v) is 14.6. The third kappa shape index (κ3) is 5.41. The first-order valence-electron chi connectivity index (χ1n) is 8.07. The molecule has 0 aliphatic heterocycles. The molecule has 24 heavy (non-hydrogen) atoms. The van der Waals surface area contributed by atoms with Gasteiger partial charge >= 0.3 is 11.9 Å². The number of benzene rings is 1. The van der Waals surface area contributed by atoms with Crippen molar-refractivity contribution in [2.45, 2.75) is 45.1 Å². The molecule has 0 unspecified atom stereocenters. The smallest absolute Gasteiger partial charge is 0.307 e. The molecule has 2 rings (SSSR count). The second-order valence-electron chi connectivity index (χ2n) is 6.19. The minimum Gasteiger partial charge on any atom is -0.497 e. The maximum atomic E-state index is 12.2. The van der Waals surface area contributed by atoms with Gasteiger partial charge in [0.2, 0.25) is 0 Å². The van der Waals surface area contributed by atoms with Crippen LogP contribution in [-0.2, 0) is 25.7 Å². The molecule has 0 bridgehead atoms. The summed E-state index contributed by atoms with van der Waals surface area (Å²) >= 11 is 5.43. The van der Waals surface area contributed by atoms with E-state index in [0.29, 0.717) is 0 Å². The van der Waals surface area contributed by atoms with Crippen molar-refractivity contribution in [3.63, 3.8) is 0 Å². The summed E-state index contributed by atoms with van der Waals surface area (Å²) in [5, 5.41) is 0. The van der Waals surface area contributed by atoms with E-state index in [1.165, 1.54) is 0 Å². The first-order valence-corrected chi connectivity index (χ1v) is 8.60. The van der Waals surface area contributed by atoms with Crippen LogP contribution in [0.1, 0.15) is 44.1 Å². The summed E-state index contributed by atoms with van der Waals surface area (Å²) in [6, 6.07) is 7.20. The summed E-state index contributed by atoms with van der Waals surface area (Å²) in [4.78, 5) is 24.0. The van der Waals surface area contributed by atoms with Crippen LogP contribution in [0.2, 0.25) is 0 Å². The van der Waals surface area contributed by atoms with Crippen molar-refractivity contribution in [2.24, 2.45) is 5.41 Å². The molecule has 1 fully saturated rings. The zero-order valence-electron chi connectivity index (χ0n) is 13.9. The first-order chi connectivity index (χ1) is 11.6. The maximum absolute atomic E-state index is 12.2. The van der Waals surface area contributed by atoms with Crippen LogP contribution in [-0.4, -0.2) is 25.1 Å². The second-order valence-corrected chi connectivity index (χ2v) is 6.41. The number of hydrogen-bond donors (Lipinski definition) is 0. The molecule has 1 aliphatic carbocycles. The van der Waals surface area contributed by atoms with E-state index in [2.05, 4.69) is 0 Å². The highest BCUT2D eigenvalue weighted by Crippen LogP contribution is 2.44. The van der Waals surface area contributed by atoms with Crippen LogP contribution >= 0.6 is 11.6 Å². The summed E-state index contributed by atoms with van der Waals surface area (Å²) in [5.74, 6) is 0.119. The average Bonchev–Trinajstić information content (AvgIpc) is 3.01. The lowest BCUT2D eigenvalue weighted by molar-refractivity contribution is -0.150. The van der Waals surface area contributed by atoms with Gasteiger partial charge in [-0.2, -0.15) is 0 Å². The highest BCUT2D eigenvalue weighted by molar-refractivity contribution is 6.17. The van der Waals surface area contributed by atoms with Gasteiger partial charge in [-0.1, -0.05) is 36.6 Å². The van der Waals surface area contributed by atoms with Gasteiger partial charge < -0.3 is 14.2 Å². The van der Waals surface area contributed by atoms with E-state index in [4.69, 9.17) is 25.8 Å². The molecule has 0 heterocycles. The standard InChI is InChI=1S/C18H23ClO5/c1-22-15-6-4-14(5-7-15)12-23-16(20)10-18(8-2-3-9-18)11-17(21)24-13-19/h4-7H,2-3,8-13H2,1H3. The van der Waals surface area contributed by atoms with Crippen molar-refractivity contribution in [1.82, 2.24) is 0 Å². The van der Waals surface area contributed by atoms with E-state index >= 15 is 0 Å². The van der Waals surface area contributed by atoms with E-state index in [0.717, 1.165) is 37.0 Å². The number of methoxy groups -OCH3 is 1. The fraction of sp³-hybridized carbons (Fsp3) is 0.556. The fourth-order valence-electron chi connectivity index (χ4n) is 3.20. The van der Waals surface area contributed by atoms with Gasteiger partial charge in [-0.05, 0) is 36.0 Å². The Morgan fingerprint density at radius 3 is 2.17 bits per heavy atom. The summed E-state index contributed by atoms with van der Waals surface area (Å²) in [5.41, 5.74) is 0.548. The number of halogens is 1. The number of carbonyl (C=O) groups excluding carboxylic acids is 2. The Balaban J connectivity index is 1.87. The van der Waals surface area contributed by atoms with Crippen molar-refractivity contribution in [1.29, 1.82) is 0 Å². The lowest BCUT2D eigenvalue weighted by Crippen LogP contribution is -2.26. The van der Waals surface area contributed by atoms with Crippen LogP contribution < -0.4 is 4.74 Å². The molecule has 0 saturated heterocycles. The molecule has 0 atom stereocenters. The van der Waals surface area contributed by atoms with Gasteiger partial charge in [0.25, 0.3) is 0 Å². The predicted octanol–water partition coefficient (Wildman–Crippen LogP) is 3.82. The molecule has 5 nitrogen and oxygen atoms in total. The number of ether oxygens (including phenoxy) is 3. The molecule has 132 valence electrons. The second kappa shape index (κ2) is 8.92. The minimum absolute atomic E-state index is 0.156. The molecular weight excluding hydrogens is 332 g/mol. The maximum Gasteiger partial charge on any atom is 0.307 e. The minimum atomic E-state index is -0.352. The van der Waals surface area contributed by atoms with Crippen molar-refractivity contribution in [3.05, 3.63) is 29.8 Å². The van der Waals surface area contributed by atoms with Crippen molar-refractivity contribution >= 4 is 23.5 Å². The molecule has 1 aliphatic rings. The first kappa shape index (κ1) is 18.6. The summed E-state index contributed by atoms with van der Waals surface area (Å²) in [7, 11) is 1.60. The van der Waals surface area contributed by atoms with Gasteiger partial charge in [-0.25, -0.2) is 0 Å². The van der Waals surface area contributed by atoms with Crippen LogP contribution in [0.5, 0.6) is 5.75 Å². The van der Waals surface area contributed by atoms with Crippen molar-refractivity contribution < 1.29 is 23.8 Å². The van der Waals surface area contributed by atoms with E-state index in [1.54, 1.807) is 7.11 Å². The van der Waals surface area contributed by atoms with Gasteiger partial charge in [0, 0.05) is 0 Å². The van der Waals surface area contributed by atoms with Gasteiger partial charge in [0.05, 0.1) is 20.0 Å². The van der Waals surface area contributed by atoms with Crippen LogP contribution in [0.15, 0.2) is 24.3 Å². The third-order valence-electron chi connectivity index (χ3n) is 4.48. The van der Waals surface area contributed by atoms with Crippen LogP contribution in [0.25, 0.3) is 0 Å². The number of carbonyl (C=O) groups is 2. The van der Waals surface area contributed by atoms with E-state index in [9.17, 15) is 9.59 Å². The monoisotopic (exact) mass is 354 g/mol. The van der Waals surface area contributed by atoms with Crippen molar-refractivity contribution in [3.8, 4) is 5.75 Å². The summed E-state index contributed by atoms with van der Waals surface area (Å²) < 4.78 is 15.3. The Morgan fingerprint density at radius 1 is 1.04 bits per heavy atom. The van der Waals surface area contributed by atoms with Gasteiger partial charge in [0.15, 0.2) is 6.07 Å². The number of hydrogen-bond acceptors (Lipinski definition) is 5. The highest BCUT2D eigenvalue weighted by atomic mass is 35.5. The summed E-state index contributed by atoms with van der Waals surface area (Å²) in [6.07, 6.45) is 4.15. The number of alkyl halides is 1. The zero-order chi connectivity index (χ0) is 17.4. The Hall–Kier alpha value is -1.75. The summed E-state index contributed by atoms with van der Waals surface area (Å²) in [6.45, 7) is 0.213. The topological polar surface area (TPSA) is 61.8 Å². The molecule has 0 aromatic heterocycles. The van der Waals surface area contributed by atoms with E-state index in [1.807, 2.05) is 24.3 Å². The third-order valence-corrected chi connectivity index (χ3v) is 4.59. The van der Waals surface area contributed by atoms with Crippen LogP contribution in [0, 0.1) is 5.41 Å². The Labute approximate surface area is 147 Å². The Morgan fingerprint density at radius 2 is 1.62 bits per heavy atom. The SMILES string of the molecule is COc1ccc(COC(=O)CC2(CC(=O)OCCl)CCCC2)cc1. The molecule has 0 N–H and O–H groups in total. The Bertz CT molecular complexity index is 549. The van der Waals surface area contributed by atoms with Crippen LogP contribution in [0.4, 0.5) is 0 Å². The molecule has 0 radical (unpaired) electrons. The van der Waals surface area contributed by atoms with E-state index < -0.39 is 0 Å². The normalized spacial score (nSPS) is 15.8. The molecule has 1 saturated carbocycles. The average molecular weight is 355 g/mol. The van der Waals surface area contributed by atoms with Crippen LogP contribution in [0.3, 0.4) is 0 Å². The van der Waals surface area contributed by atoms with E-state index in [-0.39, 0.29) is 42.9 Å². The molecule has 1 aromatic carbocycles. The molecule has 1 aromatic rings. The fourth-order valence-corrected chi connectivity index (χ4v) is 3.32. The lowest BCUT2D eigenvalue weighted by Gasteiger charge is -2.26. The molecule has 6 heteroatoms. The van der Waals surface area contributed by atoms with Gasteiger partial charge in [0.1, 0.15) is 12.4 Å². The largest absolute Gasteiger partial charge is 0.497 e. The van der Waals surface area contributed by atoms with Gasteiger partial charge in [-0.15, -0.1) is 0 Å². The Kier molecular flexibility index (Phi) is 6.91. The highest BCUT2D eigenvalue weighted by Gasteiger charge is 2.39. The predicted molar refractivity (Wildman–Crippen MR) is 89.7 cm³/mol. The van der Waals surface area contributed by atoms with Gasteiger partial charge in [-0.3, -0.25) is 9.59 Å². The number of esters is 2. The lowest BCUT2D eigenvalue weighted by atomic mass is 9.79. The number of rotatable bonds is 8. The molecular formula is C18H23ClO5.